The van der Waals surface area contributed by atoms with Crippen LogP contribution in [0.4, 0.5) is 0 Å². The number of aliphatic hydroxyl groups excluding tert-OH is 1. The Hall–Kier alpha value is -1.47. The van der Waals surface area contributed by atoms with Gasteiger partial charge in [-0.25, -0.2) is 0 Å². The van der Waals surface area contributed by atoms with E-state index in [2.05, 4.69) is 10.6 Å². The third kappa shape index (κ3) is 5.08. The van der Waals surface area contributed by atoms with Crippen LogP contribution in [0.25, 0.3) is 0 Å². The van der Waals surface area contributed by atoms with Crippen molar-refractivity contribution in [2.75, 3.05) is 26.4 Å². The number of carbonyl (C=O) groups is 1. The SMILES string of the molecule is CC(C)(CO)[C@H](NCC(=O)NC1CCC2(CC1)OCCO2)c1ccccc1. The molecule has 0 radical (unpaired) electrons. The molecule has 3 N–H and O–H groups in total. The molecule has 1 aliphatic carbocycles. The van der Waals surface area contributed by atoms with Crippen LogP contribution in [0.3, 0.4) is 0 Å². The van der Waals surface area contributed by atoms with Gasteiger partial charge < -0.3 is 25.2 Å². The average Bonchev–Trinajstić information content (AvgIpc) is 3.13. The van der Waals surface area contributed by atoms with Crippen molar-refractivity contribution >= 4 is 5.91 Å². The Morgan fingerprint density at radius 2 is 1.85 bits per heavy atom. The zero-order valence-corrected chi connectivity index (χ0v) is 16.4. The Morgan fingerprint density at radius 3 is 2.44 bits per heavy atom. The van der Waals surface area contributed by atoms with Crippen LogP contribution in [0.5, 0.6) is 0 Å². The van der Waals surface area contributed by atoms with Gasteiger partial charge in [-0.2, -0.15) is 0 Å². The smallest absolute Gasteiger partial charge is 0.234 e. The zero-order chi connectivity index (χ0) is 19.3. The molecule has 6 nitrogen and oxygen atoms in total. The fourth-order valence-corrected chi connectivity index (χ4v) is 4.04. The minimum atomic E-state index is -0.400. The predicted molar refractivity (Wildman–Crippen MR) is 103 cm³/mol. The van der Waals surface area contributed by atoms with E-state index in [-0.39, 0.29) is 36.6 Å². The molecule has 1 aromatic rings. The number of nitrogens with one attached hydrogen (secondary N) is 2. The predicted octanol–water partition coefficient (Wildman–Crippen LogP) is 2.14. The molecule has 1 heterocycles. The fraction of sp³-hybridized carbons (Fsp3) is 0.667. The molecule has 0 aromatic heterocycles. The van der Waals surface area contributed by atoms with Crippen LogP contribution in [0.15, 0.2) is 30.3 Å². The van der Waals surface area contributed by atoms with Crippen LogP contribution >= 0.6 is 0 Å². The van der Waals surface area contributed by atoms with Gasteiger partial charge in [0.15, 0.2) is 5.79 Å². The lowest BCUT2D eigenvalue weighted by Crippen LogP contribution is -2.47. The van der Waals surface area contributed by atoms with Gasteiger partial charge in [-0.1, -0.05) is 44.2 Å². The second kappa shape index (κ2) is 8.69. The normalized spacial score (nSPS) is 21.3. The first-order valence-corrected chi connectivity index (χ1v) is 9.91. The second-order valence-corrected chi connectivity index (χ2v) is 8.32. The molecule has 1 spiro atoms. The van der Waals surface area contributed by atoms with Gasteiger partial charge in [0.1, 0.15) is 0 Å². The molecule has 2 fully saturated rings. The van der Waals surface area contributed by atoms with Crippen molar-refractivity contribution in [2.24, 2.45) is 5.41 Å². The topological polar surface area (TPSA) is 79.8 Å². The summed E-state index contributed by atoms with van der Waals surface area (Å²) >= 11 is 0. The first kappa shape index (κ1) is 20.3. The number of rotatable bonds is 7. The fourth-order valence-electron chi connectivity index (χ4n) is 4.04. The molecule has 2 aliphatic rings. The number of benzene rings is 1. The monoisotopic (exact) mass is 376 g/mol. The van der Waals surface area contributed by atoms with Gasteiger partial charge in [0.2, 0.25) is 5.91 Å². The van der Waals surface area contributed by atoms with Crippen molar-refractivity contribution in [3.8, 4) is 0 Å². The summed E-state index contributed by atoms with van der Waals surface area (Å²) in [6, 6.07) is 10.0. The van der Waals surface area contributed by atoms with E-state index in [1.165, 1.54) is 0 Å². The van der Waals surface area contributed by atoms with Gasteiger partial charge in [-0.05, 0) is 18.4 Å². The first-order valence-electron chi connectivity index (χ1n) is 9.91. The lowest BCUT2D eigenvalue weighted by Gasteiger charge is -2.36. The molecule has 27 heavy (non-hydrogen) atoms. The van der Waals surface area contributed by atoms with Crippen molar-refractivity contribution in [3.05, 3.63) is 35.9 Å². The molecular weight excluding hydrogens is 344 g/mol. The van der Waals surface area contributed by atoms with Gasteiger partial charge in [-0.15, -0.1) is 0 Å². The summed E-state index contributed by atoms with van der Waals surface area (Å²) < 4.78 is 11.5. The van der Waals surface area contributed by atoms with E-state index in [1.54, 1.807) is 0 Å². The lowest BCUT2D eigenvalue weighted by atomic mass is 9.81. The van der Waals surface area contributed by atoms with Crippen molar-refractivity contribution in [1.82, 2.24) is 10.6 Å². The lowest BCUT2D eigenvalue weighted by molar-refractivity contribution is -0.180. The highest BCUT2D eigenvalue weighted by molar-refractivity contribution is 5.78. The van der Waals surface area contributed by atoms with E-state index in [4.69, 9.17) is 9.47 Å². The van der Waals surface area contributed by atoms with Crippen LogP contribution in [0, 0.1) is 5.41 Å². The van der Waals surface area contributed by atoms with Gasteiger partial charge >= 0.3 is 0 Å². The third-order valence-electron chi connectivity index (χ3n) is 5.71. The molecule has 0 bridgehead atoms. The first-order chi connectivity index (χ1) is 12.9. The molecule has 1 amide bonds. The Bertz CT molecular complexity index is 604. The zero-order valence-electron chi connectivity index (χ0n) is 16.4. The van der Waals surface area contributed by atoms with Crippen molar-refractivity contribution in [3.63, 3.8) is 0 Å². The van der Waals surface area contributed by atoms with Crippen molar-refractivity contribution < 1.29 is 19.4 Å². The molecule has 1 saturated carbocycles. The second-order valence-electron chi connectivity index (χ2n) is 8.32. The molecule has 3 rings (SSSR count). The largest absolute Gasteiger partial charge is 0.396 e. The average molecular weight is 376 g/mol. The maximum absolute atomic E-state index is 12.5. The number of hydrogen-bond acceptors (Lipinski definition) is 5. The molecular formula is C21H32N2O4. The molecule has 0 unspecified atom stereocenters. The maximum Gasteiger partial charge on any atom is 0.234 e. The van der Waals surface area contributed by atoms with Crippen LogP contribution in [0.1, 0.15) is 51.1 Å². The summed E-state index contributed by atoms with van der Waals surface area (Å²) in [6.45, 7) is 5.59. The molecule has 6 heteroatoms. The summed E-state index contributed by atoms with van der Waals surface area (Å²) in [6.07, 6.45) is 3.40. The van der Waals surface area contributed by atoms with E-state index >= 15 is 0 Å². The Kier molecular flexibility index (Phi) is 6.52. The van der Waals surface area contributed by atoms with E-state index < -0.39 is 5.79 Å². The van der Waals surface area contributed by atoms with Crippen LogP contribution in [-0.2, 0) is 14.3 Å². The molecule has 1 aromatic carbocycles. The van der Waals surface area contributed by atoms with E-state index in [0.29, 0.717) is 13.2 Å². The minimum Gasteiger partial charge on any atom is -0.396 e. The maximum atomic E-state index is 12.5. The van der Waals surface area contributed by atoms with Crippen molar-refractivity contribution in [1.29, 1.82) is 0 Å². The van der Waals surface area contributed by atoms with Gasteiger partial charge in [0.05, 0.1) is 19.8 Å². The van der Waals surface area contributed by atoms with Gasteiger partial charge in [-0.3, -0.25) is 4.79 Å². The summed E-state index contributed by atoms with van der Waals surface area (Å²) in [5.41, 5.74) is 0.690. The quantitative estimate of drug-likeness (QED) is 0.679. The number of carbonyl (C=O) groups excluding carboxylic acids is 1. The van der Waals surface area contributed by atoms with Gasteiger partial charge in [0, 0.05) is 36.9 Å². The van der Waals surface area contributed by atoms with Crippen LogP contribution in [-0.4, -0.2) is 49.2 Å². The van der Waals surface area contributed by atoms with E-state index in [1.807, 2.05) is 44.2 Å². The highest BCUT2D eigenvalue weighted by Gasteiger charge is 2.40. The van der Waals surface area contributed by atoms with E-state index in [0.717, 1.165) is 31.2 Å². The number of ether oxygens (including phenoxy) is 2. The molecule has 1 aliphatic heterocycles. The molecule has 1 atom stereocenters. The van der Waals surface area contributed by atoms with Crippen LogP contribution < -0.4 is 10.6 Å². The summed E-state index contributed by atoms with van der Waals surface area (Å²) in [7, 11) is 0. The highest BCUT2D eigenvalue weighted by Crippen LogP contribution is 2.36. The molecule has 1 saturated heterocycles. The third-order valence-corrected chi connectivity index (χ3v) is 5.71. The number of hydrogen-bond donors (Lipinski definition) is 3. The highest BCUT2D eigenvalue weighted by atomic mass is 16.7. The standard InChI is InChI=1S/C21H32N2O4/c1-20(2,15-24)19(16-6-4-3-5-7-16)22-14-18(25)23-17-8-10-21(11-9-17)26-12-13-27-21/h3-7,17,19,22,24H,8-15H2,1-2H3,(H,23,25)/t19-/m1/s1. The summed E-state index contributed by atoms with van der Waals surface area (Å²) in [5.74, 6) is -0.415. The Labute approximate surface area is 161 Å². The Morgan fingerprint density at radius 1 is 1.22 bits per heavy atom. The summed E-state index contributed by atoms with van der Waals surface area (Å²) in [5, 5.41) is 16.3. The van der Waals surface area contributed by atoms with Gasteiger partial charge in [0.25, 0.3) is 0 Å². The molecule has 150 valence electrons. The van der Waals surface area contributed by atoms with Crippen molar-refractivity contribution in [2.45, 2.75) is 57.4 Å². The minimum absolute atomic E-state index is 0.0149. The Balaban J connectivity index is 1.51. The van der Waals surface area contributed by atoms with Crippen LogP contribution in [0.2, 0.25) is 0 Å². The number of aliphatic hydroxyl groups is 1. The number of amides is 1. The summed E-state index contributed by atoms with van der Waals surface area (Å²) in [4.78, 5) is 12.5. The van der Waals surface area contributed by atoms with E-state index in [9.17, 15) is 9.90 Å².